The van der Waals surface area contributed by atoms with Crippen LogP contribution in [0.15, 0.2) is 22.7 Å². The maximum Gasteiger partial charge on any atom is 0.124 e. The average Bonchev–Trinajstić information content (AvgIpc) is 2.35. The summed E-state index contributed by atoms with van der Waals surface area (Å²) in [5, 5.41) is 0.848. The van der Waals surface area contributed by atoms with Gasteiger partial charge in [-0.3, -0.25) is 4.90 Å². The summed E-state index contributed by atoms with van der Waals surface area (Å²) in [6.07, 6.45) is 0.237. The molecule has 100 valence electrons. The molecule has 0 saturated carbocycles. The standard InChI is InChI=1S/C13H16Br2FNO/c1-9-8-18-12(5-14)7-17(9)6-10-2-3-11(16)4-13(10)15/h2-4,9,12H,5-8H2,1H3. The molecule has 0 aliphatic carbocycles. The summed E-state index contributed by atoms with van der Waals surface area (Å²) in [7, 11) is 0. The van der Waals surface area contributed by atoms with Crippen molar-refractivity contribution in [1.82, 2.24) is 4.90 Å². The first-order valence-electron chi connectivity index (χ1n) is 5.95. The van der Waals surface area contributed by atoms with Crippen LogP contribution in [0.3, 0.4) is 0 Å². The van der Waals surface area contributed by atoms with E-state index in [0.29, 0.717) is 6.04 Å². The molecule has 2 atom stereocenters. The number of alkyl halides is 1. The molecule has 0 spiro atoms. The summed E-state index contributed by atoms with van der Waals surface area (Å²) in [5.41, 5.74) is 1.11. The summed E-state index contributed by atoms with van der Waals surface area (Å²) in [6, 6.07) is 5.25. The van der Waals surface area contributed by atoms with E-state index in [1.807, 2.05) is 6.07 Å². The molecule has 2 unspecified atom stereocenters. The van der Waals surface area contributed by atoms with E-state index < -0.39 is 0 Å². The molecule has 1 aromatic rings. The molecule has 1 aliphatic heterocycles. The van der Waals surface area contributed by atoms with Crippen molar-refractivity contribution in [2.75, 3.05) is 18.5 Å². The fourth-order valence-corrected chi connectivity index (χ4v) is 2.93. The molecule has 1 heterocycles. The van der Waals surface area contributed by atoms with Gasteiger partial charge in [-0.15, -0.1) is 0 Å². The number of rotatable bonds is 3. The topological polar surface area (TPSA) is 12.5 Å². The first-order chi connectivity index (χ1) is 8.60. The first-order valence-corrected chi connectivity index (χ1v) is 7.87. The molecule has 0 amide bonds. The second kappa shape index (κ2) is 6.46. The Labute approximate surface area is 124 Å². The van der Waals surface area contributed by atoms with E-state index in [9.17, 15) is 4.39 Å². The molecule has 2 rings (SSSR count). The van der Waals surface area contributed by atoms with Gasteiger partial charge in [-0.25, -0.2) is 4.39 Å². The minimum absolute atomic E-state index is 0.209. The lowest BCUT2D eigenvalue weighted by molar-refractivity contribution is -0.0500. The van der Waals surface area contributed by atoms with Gasteiger partial charge in [0.15, 0.2) is 0 Å². The largest absolute Gasteiger partial charge is 0.374 e. The molecule has 0 bridgehead atoms. The average molecular weight is 381 g/mol. The van der Waals surface area contributed by atoms with Crippen LogP contribution in [-0.4, -0.2) is 35.5 Å². The van der Waals surface area contributed by atoms with Gasteiger partial charge < -0.3 is 4.74 Å². The Kier molecular flexibility index (Phi) is 5.18. The Bertz CT molecular complexity index is 416. The highest BCUT2D eigenvalue weighted by Crippen LogP contribution is 2.22. The van der Waals surface area contributed by atoms with Crippen LogP contribution in [0, 0.1) is 5.82 Å². The summed E-state index contributed by atoms with van der Waals surface area (Å²) < 4.78 is 19.6. The van der Waals surface area contributed by atoms with Crippen LogP contribution in [0.1, 0.15) is 12.5 Å². The lowest BCUT2D eigenvalue weighted by atomic mass is 10.1. The minimum atomic E-state index is -0.209. The van der Waals surface area contributed by atoms with Crippen molar-refractivity contribution < 1.29 is 9.13 Å². The number of hydrogen-bond acceptors (Lipinski definition) is 2. The van der Waals surface area contributed by atoms with Gasteiger partial charge in [-0.05, 0) is 24.6 Å². The Morgan fingerprint density at radius 3 is 2.94 bits per heavy atom. The van der Waals surface area contributed by atoms with Crippen LogP contribution in [0.25, 0.3) is 0 Å². The number of ether oxygens (including phenoxy) is 1. The molecule has 2 nitrogen and oxygen atoms in total. The molecule has 0 N–H and O–H groups in total. The van der Waals surface area contributed by atoms with Gasteiger partial charge in [0.1, 0.15) is 5.82 Å². The maximum absolute atomic E-state index is 13.0. The van der Waals surface area contributed by atoms with Gasteiger partial charge in [0.2, 0.25) is 0 Å². The fourth-order valence-electron chi connectivity index (χ4n) is 2.06. The predicted octanol–water partition coefficient (Wildman–Crippen LogP) is 3.57. The smallest absolute Gasteiger partial charge is 0.124 e. The minimum Gasteiger partial charge on any atom is -0.374 e. The summed E-state index contributed by atoms with van der Waals surface area (Å²) >= 11 is 6.88. The van der Waals surface area contributed by atoms with Crippen LogP contribution >= 0.6 is 31.9 Å². The molecule has 0 aromatic heterocycles. The summed E-state index contributed by atoms with van der Waals surface area (Å²) in [4.78, 5) is 2.37. The van der Waals surface area contributed by atoms with Crippen LogP contribution in [0.4, 0.5) is 4.39 Å². The zero-order valence-electron chi connectivity index (χ0n) is 10.2. The number of halogens is 3. The highest BCUT2D eigenvalue weighted by atomic mass is 79.9. The SMILES string of the molecule is CC1COC(CBr)CN1Cc1ccc(F)cc1Br. The van der Waals surface area contributed by atoms with Gasteiger partial charge in [-0.1, -0.05) is 37.9 Å². The van der Waals surface area contributed by atoms with Gasteiger partial charge in [0, 0.05) is 28.9 Å². The third-order valence-corrected chi connectivity index (χ3v) is 4.66. The van der Waals surface area contributed by atoms with E-state index in [-0.39, 0.29) is 11.9 Å². The highest BCUT2D eigenvalue weighted by Gasteiger charge is 2.25. The number of nitrogens with zero attached hydrogens (tertiary/aromatic N) is 1. The van der Waals surface area contributed by atoms with Crippen molar-refractivity contribution in [2.45, 2.75) is 25.6 Å². The van der Waals surface area contributed by atoms with Gasteiger partial charge >= 0.3 is 0 Å². The Balaban J connectivity index is 2.07. The molecule has 1 aliphatic rings. The van der Waals surface area contributed by atoms with Crippen LogP contribution < -0.4 is 0 Å². The number of hydrogen-bond donors (Lipinski definition) is 0. The van der Waals surface area contributed by atoms with Crippen LogP contribution in [-0.2, 0) is 11.3 Å². The van der Waals surface area contributed by atoms with Crippen molar-refractivity contribution in [3.05, 3.63) is 34.1 Å². The monoisotopic (exact) mass is 379 g/mol. The van der Waals surface area contributed by atoms with E-state index in [0.717, 1.165) is 35.1 Å². The highest BCUT2D eigenvalue weighted by molar-refractivity contribution is 9.10. The Morgan fingerprint density at radius 2 is 2.28 bits per heavy atom. The quantitative estimate of drug-likeness (QED) is 0.743. The van der Waals surface area contributed by atoms with Crippen molar-refractivity contribution in [3.8, 4) is 0 Å². The fraction of sp³-hybridized carbons (Fsp3) is 0.538. The number of morpholine rings is 1. The second-order valence-corrected chi connectivity index (χ2v) is 6.13. The van der Waals surface area contributed by atoms with Crippen molar-refractivity contribution in [2.24, 2.45) is 0 Å². The Morgan fingerprint density at radius 1 is 1.50 bits per heavy atom. The van der Waals surface area contributed by atoms with E-state index >= 15 is 0 Å². The molecule has 1 aromatic carbocycles. The van der Waals surface area contributed by atoms with Gasteiger partial charge in [-0.2, -0.15) is 0 Å². The van der Waals surface area contributed by atoms with E-state index in [2.05, 4.69) is 43.7 Å². The zero-order chi connectivity index (χ0) is 13.1. The second-order valence-electron chi connectivity index (χ2n) is 4.62. The first kappa shape index (κ1) is 14.4. The molecular weight excluding hydrogens is 365 g/mol. The molecule has 1 fully saturated rings. The van der Waals surface area contributed by atoms with E-state index in [4.69, 9.17) is 4.74 Å². The third kappa shape index (κ3) is 3.53. The van der Waals surface area contributed by atoms with Crippen molar-refractivity contribution in [1.29, 1.82) is 0 Å². The van der Waals surface area contributed by atoms with Crippen LogP contribution in [0.5, 0.6) is 0 Å². The van der Waals surface area contributed by atoms with Gasteiger partial charge in [0.05, 0.1) is 12.7 Å². The van der Waals surface area contributed by atoms with Crippen molar-refractivity contribution in [3.63, 3.8) is 0 Å². The molecule has 18 heavy (non-hydrogen) atoms. The molecule has 5 heteroatoms. The normalized spacial score (nSPS) is 25.3. The molecule has 1 saturated heterocycles. The Hall–Kier alpha value is 0.0300. The zero-order valence-corrected chi connectivity index (χ0v) is 13.4. The molecular formula is C13H16Br2FNO. The summed E-state index contributed by atoms with van der Waals surface area (Å²) in [6.45, 7) is 4.61. The van der Waals surface area contributed by atoms with E-state index in [1.54, 1.807) is 0 Å². The van der Waals surface area contributed by atoms with Crippen LogP contribution in [0.2, 0.25) is 0 Å². The van der Waals surface area contributed by atoms with E-state index in [1.165, 1.54) is 12.1 Å². The lowest BCUT2D eigenvalue weighted by Crippen LogP contribution is -2.48. The summed E-state index contributed by atoms with van der Waals surface area (Å²) in [5.74, 6) is -0.209. The predicted molar refractivity (Wildman–Crippen MR) is 77.5 cm³/mol. The van der Waals surface area contributed by atoms with Crippen molar-refractivity contribution >= 4 is 31.9 Å². The van der Waals surface area contributed by atoms with Gasteiger partial charge in [0.25, 0.3) is 0 Å². The molecule has 0 radical (unpaired) electrons. The maximum atomic E-state index is 13.0. The lowest BCUT2D eigenvalue weighted by Gasteiger charge is -2.37. The number of benzene rings is 1. The third-order valence-electron chi connectivity index (χ3n) is 3.20.